The van der Waals surface area contributed by atoms with Gasteiger partial charge in [0.05, 0.1) is 6.04 Å². The Morgan fingerprint density at radius 1 is 1.43 bits per heavy atom. The summed E-state index contributed by atoms with van der Waals surface area (Å²) in [5, 5.41) is 0. The van der Waals surface area contributed by atoms with Gasteiger partial charge in [0, 0.05) is 0 Å². The molecule has 6 nitrogen and oxygen atoms in total. The fourth-order valence-electron chi connectivity index (χ4n) is 0.635. The van der Waals surface area contributed by atoms with Crippen molar-refractivity contribution in [2.24, 2.45) is 16.9 Å². The predicted octanol–water partition coefficient (Wildman–Crippen LogP) is -1.11. The minimum Gasteiger partial charge on any atom is -0.368 e. The van der Waals surface area contributed by atoms with Gasteiger partial charge >= 0.3 is 0 Å². The van der Waals surface area contributed by atoms with Gasteiger partial charge in [-0.3, -0.25) is 14.4 Å². The van der Waals surface area contributed by atoms with Crippen molar-refractivity contribution in [3.05, 3.63) is 0 Å². The Bertz CT molecular complexity index is 222. The van der Waals surface area contributed by atoms with E-state index in [9.17, 15) is 9.59 Å². The van der Waals surface area contributed by atoms with Crippen LogP contribution < -0.4 is 16.9 Å². The minimum atomic E-state index is -0.699. The van der Waals surface area contributed by atoms with Gasteiger partial charge in [-0.2, -0.15) is 0 Å². The molecule has 5 N–H and O–H groups in total. The van der Waals surface area contributed by atoms with Crippen molar-refractivity contribution in [1.29, 1.82) is 0 Å². The molecule has 1 atom stereocenters. The van der Waals surface area contributed by atoms with Crippen LogP contribution in [0.2, 0.25) is 0 Å². The zero-order valence-electron chi connectivity index (χ0n) is 8.66. The molecule has 0 spiro atoms. The first kappa shape index (κ1) is 12.9. The Kier molecular flexibility index (Phi) is 4.52. The summed E-state index contributed by atoms with van der Waals surface area (Å²) in [6.07, 6.45) is 0. The van der Waals surface area contributed by atoms with E-state index in [2.05, 4.69) is 10.3 Å². The number of hydrogen-bond acceptors (Lipinski definition) is 4. The number of carbonyl (C=O) groups is 2. The van der Waals surface area contributed by atoms with E-state index in [4.69, 9.17) is 11.5 Å². The molecule has 0 bridgehead atoms. The third kappa shape index (κ3) is 4.78. The van der Waals surface area contributed by atoms with Crippen LogP contribution in [0.3, 0.4) is 0 Å². The number of carbonyl (C=O) groups excluding carboxylic acids is 2. The predicted molar refractivity (Wildman–Crippen MR) is 50.7 cm³/mol. The van der Waals surface area contributed by atoms with Gasteiger partial charge in [0.25, 0.3) is 5.91 Å². The van der Waals surface area contributed by atoms with Crippen LogP contribution in [0.25, 0.3) is 0 Å². The standard InChI is InChI=1S/C8H17N3O3/c1-8(2,3)6(10)7(13)11-14-4-5(9)12/h6H,4,10H2,1-3H3,(H2,9,12)(H,11,13)/t6-/m1/s1. The molecular formula is C8H17N3O3. The lowest BCUT2D eigenvalue weighted by Gasteiger charge is -2.25. The third-order valence-corrected chi connectivity index (χ3v) is 1.60. The zero-order chi connectivity index (χ0) is 11.4. The highest BCUT2D eigenvalue weighted by Crippen LogP contribution is 2.16. The molecule has 82 valence electrons. The summed E-state index contributed by atoms with van der Waals surface area (Å²) < 4.78 is 0. The van der Waals surface area contributed by atoms with Gasteiger partial charge in [0.2, 0.25) is 5.91 Å². The summed E-state index contributed by atoms with van der Waals surface area (Å²) in [5.41, 5.74) is 12.1. The number of hydrogen-bond donors (Lipinski definition) is 3. The van der Waals surface area contributed by atoms with Crippen molar-refractivity contribution in [3.8, 4) is 0 Å². The average molecular weight is 203 g/mol. The SMILES string of the molecule is CC(C)(C)[C@H](N)C(=O)NOCC(N)=O. The van der Waals surface area contributed by atoms with Gasteiger partial charge in [-0.1, -0.05) is 20.8 Å². The van der Waals surface area contributed by atoms with Crippen molar-refractivity contribution in [3.63, 3.8) is 0 Å². The van der Waals surface area contributed by atoms with Crippen LogP contribution >= 0.6 is 0 Å². The van der Waals surface area contributed by atoms with Gasteiger partial charge in [0.1, 0.15) is 0 Å². The molecule has 0 saturated heterocycles. The number of amides is 2. The molecule has 14 heavy (non-hydrogen) atoms. The number of hydroxylamine groups is 1. The van der Waals surface area contributed by atoms with Gasteiger partial charge in [-0.25, -0.2) is 5.48 Å². The maximum Gasteiger partial charge on any atom is 0.260 e. The van der Waals surface area contributed by atoms with Crippen molar-refractivity contribution >= 4 is 11.8 Å². The largest absolute Gasteiger partial charge is 0.368 e. The van der Waals surface area contributed by atoms with E-state index < -0.39 is 17.9 Å². The summed E-state index contributed by atoms with van der Waals surface area (Å²) in [7, 11) is 0. The van der Waals surface area contributed by atoms with E-state index in [0.29, 0.717) is 0 Å². The lowest BCUT2D eigenvalue weighted by Crippen LogP contribution is -2.49. The Morgan fingerprint density at radius 3 is 2.29 bits per heavy atom. The van der Waals surface area contributed by atoms with Crippen LogP contribution in [0, 0.1) is 5.41 Å². The normalized spacial score (nSPS) is 13.4. The van der Waals surface area contributed by atoms with Crippen LogP contribution in [0.1, 0.15) is 20.8 Å². The Labute approximate surface area is 82.9 Å². The summed E-state index contributed by atoms with van der Waals surface area (Å²) in [6, 6.07) is -0.699. The molecular weight excluding hydrogens is 186 g/mol. The molecule has 0 aromatic heterocycles. The van der Waals surface area contributed by atoms with Crippen molar-refractivity contribution in [2.45, 2.75) is 26.8 Å². The molecule has 0 aromatic rings. The monoisotopic (exact) mass is 203 g/mol. The van der Waals surface area contributed by atoms with E-state index in [1.54, 1.807) is 0 Å². The van der Waals surface area contributed by atoms with Gasteiger partial charge in [0.15, 0.2) is 6.61 Å². The third-order valence-electron chi connectivity index (χ3n) is 1.60. The second kappa shape index (κ2) is 4.92. The molecule has 2 amide bonds. The van der Waals surface area contributed by atoms with Gasteiger partial charge in [-0.05, 0) is 5.41 Å². The number of nitrogens with two attached hydrogens (primary N) is 2. The second-order valence-corrected chi connectivity index (χ2v) is 4.06. The summed E-state index contributed by atoms with van der Waals surface area (Å²) in [4.78, 5) is 26.0. The summed E-state index contributed by atoms with van der Waals surface area (Å²) >= 11 is 0. The lowest BCUT2D eigenvalue weighted by atomic mass is 9.87. The van der Waals surface area contributed by atoms with E-state index in [0.717, 1.165) is 0 Å². The van der Waals surface area contributed by atoms with Crippen molar-refractivity contribution < 1.29 is 14.4 Å². The average Bonchev–Trinajstić information content (AvgIpc) is 2.00. The number of nitrogens with one attached hydrogen (secondary N) is 1. The van der Waals surface area contributed by atoms with E-state index in [1.165, 1.54) is 0 Å². The smallest absolute Gasteiger partial charge is 0.260 e. The van der Waals surface area contributed by atoms with Crippen LogP contribution in [0.4, 0.5) is 0 Å². The number of primary amides is 1. The molecule has 0 heterocycles. The Hall–Kier alpha value is -1.14. The van der Waals surface area contributed by atoms with Crippen LogP contribution in [-0.4, -0.2) is 24.5 Å². The van der Waals surface area contributed by atoms with Crippen molar-refractivity contribution in [2.75, 3.05) is 6.61 Å². The Morgan fingerprint density at radius 2 is 1.93 bits per heavy atom. The molecule has 0 aromatic carbocycles. The summed E-state index contributed by atoms with van der Waals surface area (Å²) in [5.74, 6) is -1.13. The highest BCUT2D eigenvalue weighted by atomic mass is 16.7. The fraction of sp³-hybridized carbons (Fsp3) is 0.750. The molecule has 0 aliphatic heterocycles. The van der Waals surface area contributed by atoms with E-state index >= 15 is 0 Å². The second-order valence-electron chi connectivity index (χ2n) is 4.06. The molecule has 0 fully saturated rings. The molecule has 0 unspecified atom stereocenters. The molecule has 0 rings (SSSR count). The first-order valence-electron chi connectivity index (χ1n) is 4.20. The molecule has 0 saturated carbocycles. The fourth-order valence-corrected chi connectivity index (χ4v) is 0.635. The molecule has 0 radical (unpaired) electrons. The first-order chi connectivity index (χ1) is 6.25. The maximum absolute atomic E-state index is 11.3. The number of rotatable bonds is 4. The zero-order valence-corrected chi connectivity index (χ0v) is 8.66. The van der Waals surface area contributed by atoms with Crippen LogP contribution in [-0.2, 0) is 14.4 Å². The van der Waals surface area contributed by atoms with Crippen LogP contribution in [0.15, 0.2) is 0 Å². The quantitative estimate of drug-likeness (QED) is 0.503. The van der Waals surface area contributed by atoms with E-state index in [-0.39, 0.29) is 12.0 Å². The molecule has 0 aliphatic carbocycles. The first-order valence-corrected chi connectivity index (χ1v) is 4.20. The maximum atomic E-state index is 11.3. The van der Waals surface area contributed by atoms with E-state index in [1.807, 2.05) is 20.8 Å². The molecule has 0 aliphatic rings. The van der Waals surface area contributed by atoms with Crippen LogP contribution in [0.5, 0.6) is 0 Å². The highest BCUT2D eigenvalue weighted by molar-refractivity contribution is 5.81. The highest BCUT2D eigenvalue weighted by Gasteiger charge is 2.27. The Balaban J connectivity index is 3.91. The van der Waals surface area contributed by atoms with Gasteiger partial charge in [-0.15, -0.1) is 0 Å². The van der Waals surface area contributed by atoms with Gasteiger partial charge < -0.3 is 11.5 Å². The van der Waals surface area contributed by atoms with Crippen molar-refractivity contribution in [1.82, 2.24) is 5.48 Å². The summed E-state index contributed by atoms with van der Waals surface area (Å²) in [6.45, 7) is 5.12. The lowest BCUT2D eigenvalue weighted by molar-refractivity contribution is -0.140. The minimum absolute atomic E-state index is 0.359. The molecule has 6 heteroatoms. The topological polar surface area (TPSA) is 107 Å².